The molecule has 0 aliphatic carbocycles. The molecule has 2 N–H and O–H groups in total. The first-order valence-electron chi connectivity index (χ1n) is 6.45. The molecular formula is C13H23N5O. The maximum absolute atomic E-state index is 10.9. The van der Waals surface area contributed by atoms with E-state index < -0.39 is 0 Å². The van der Waals surface area contributed by atoms with Gasteiger partial charge in [0.15, 0.2) is 0 Å². The zero-order valence-electron chi connectivity index (χ0n) is 12.2. The minimum Gasteiger partial charge on any atom is -0.370 e. The van der Waals surface area contributed by atoms with Crippen molar-refractivity contribution < 1.29 is 4.79 Å². The Labute approximate surface area is 114 Å². The summed E-state index contributed by atoms with van der Waals surface area (Å²) in [6, 6.07) is 1.82. The Bertz CT molecular complexity index is 419. The molecule has 6 heteroatoms. The lowest BCUT2D eigenvalue weighted by Crippen LogP contribution is -2.17. The quantitative estimate of drug-likeness (QED) is 0.687. The minimum atomic E-state index is 0.0803. The predicted molar refractivity (Wildman–Crippen MR) is 77.6 cm³/mol. The Morgan fingerprint density at radius 1 is 1.26 bits per heavy atom. The highest BCUT2D eigenvalue weighted by Gasteiger charge is 2.02. The van der Waals surface area contributed by atoms with E-state index in [4.69, 9.17) is 0 Å². The molecule has 0 fully saturated rings. The molecule has 1 aromatic heterocycles. The van der Waals surface area contributed by atoms with E-state index in [0.717, 1.165) is 25.3 Å². The number of rotatable bonds is 8. The SMILES string of the molecule is CC(=O)CNc1cc(NCCCN(C)C)nc(C)n1. The standard InChI is InChI=1S/C13H23N5O/c1-10(19)9-15-13-8-12(16-11(2)17-13)14-6-5-7-18(3)4/h8H,5-7,9H2,1-4H3,(H2,14,15,16,17). The highest BCUT2D eigenvalue weighted by Crippen LogP contribution is 2.10. The summed E-state index contributed by atoms with van der Waals surface area (Å²) in [4.78, 5) is 21.6. The van der Waals surface area contributed by atoms with E-state index in [1.54, 1.807) is 6.92 Å². The summed E-state index contributed by atoms with van der Waals surface area (Å²) >= 11 is 0. The first-order valence-corrected chi connectivity index (χ1v) is 6.45. The van der Waals surface area contributed by atoms with Gasteiger partial charge in [0.1, 0.15) is 23.2 Å². The Morgan fingerprint density at radius 3 is 2.47 bits per heavy atom. The lowest BCUT2D eigenvalue weighted by molar-refractivity contribution is -0.115. The third-order valence-electron chi connectivity index (χ3n) is 2.44. The van der Waals surface area contributed by atoms with Crippen molar-refractivity contribution in [3.63, 3.8) is 0 Å². The average Bonchev–Trinajstić information content (AvgIpc) is 2.31. The molecule has 0 bridgehead atoms. The van der Waals surface area contributed by atoms with Crippen LogP contribution in [0.25, 0.3) is 0 Å². The Hall–Kier alpha value is -1.69. The topological polar surface area (TPSA) is 70.2 Å². The highest BCUT2D eigenvalue weighted by atomic mass is 16.1. The number of carbonyl (C=O) groups excluding carboxylic acids is 1. The number of nitrogens with zero attached hydrogens (tertiary/aromatic N) is 3. The largest absolute Gasteiger partial charge is 0.370 e. The van der Waals surface area contributed by atoms with Crippen LogP contribution in [0.15, 0.2) is 6.07 Å². The van der Waals surface area contributed by atoms with Gasteiger partial charge in [-0.15, -0.1) is 0 Å². The molecule has 0 unspecified atom stereocenters. The van der Waals surface area contributed by atoms with E-state index in [1.807, 2.05) is 13.0 Å². The van der Waals surface area contributed by atoms with Gasteiger partial charge in [-0.1, -0.05) is 0 Å². The van der Waals surface area contributed by atoms with Crippen molar-refractivity contribution in [1.82, 2.24) is 14.9 Å². The number of nitrogens with one attached hydrogen (secondary N) is 2. The van der Waals surface area contributed by atoms with E-state index in [0.29, 0.717) is 11.6 Å². The van der Waals surface area contributed by atoms with Gasteiger partial charge in [-0.3, -0.25) is 4.79 Å². The number of aryl methyl sites for hydroxylation is 1. The van der Waals surface area contributed by atoms with Crippen LogP contribution in [-0.4, -0.2) is 54.4 Å². The first kappa shape index (κ1) is 15.4. The van der Waals surface area contributed by atoms with Crippen molar-refractivity contribution in [2.45, 2.75) is 20.3 Å². The van der Waals surface area contributed by atoms with Crippen molar-refractivity contribution >= 4 is 17.4 Å². The van der Waals surface area contributed by atoms with E-state index in [9.17, 15) is 4.79 Å². The predicted octanol–water partition coefficient (Wildman–Crippen LogP) is 1.15. The van der Waals surface area contributed by atoms with Crippen LogP contribution in [0.1, 0.15) is 19.2 Å². The Balaban J connectivity index is 2.51. The van der Waals surface area contributed by atoms with Crippen molar-refractivity contribution in [3.8, 4) is 0 Å². The van der Waals surface area contributed by atoms with Crippen molar-refractivity contribution in [3.05, 3.63) is 11.9 Å². The molecule has 0 aliphatic rings. The van der Waals surface area contributed by atoms with Crippen LogP contribution < -0.4 is 10.6 Å². The van der Waals surface area contributed by atoms with Crippen molar-refractivity contribution in [2.24, 2.45) is 0 Å². The molecule has 1 rings (SSSR count). The lowest BCUT2D eigenvalue weighted by atomic mass is 10.4. The van der Waals surface area contributed by atoms with Gasteiger partial charge < -0.3 is 15.5 Å². The normalized spacial score (nSPS) is 10.6. The fraction of sp³-hybridized carbons (Fsp3) is 0.615. The molecule has 19 heavy (non-hydrogen) atoms. The number of anilines is 2. The van der Waals surface area contributed by atoms with Crippen LogP contribution in [0.2, 0.25) is 0 Å². The molecule has 106 valence electrons. The third kappa shape index (κ3) is 6.71. The van der Waals surface area contributed by atoms with Gasteiger partial charge in [0.05, 0.1) is 6.54 Å². The number of Topliss-reactive ketones (excluding diaryl/α,β-unsaturated/α-hetero) is 1. The third-order valence-corrected chi connectivity index (χ3v) is 2.44. The molecule has 0 radical (unpaired) electrons. The molecule has 1 heterocycles. The number of aromatic nitrogens is 2. The summed E-state index contributed by atoms with van der Waals surface area (Å²) in [6.45, 7) is 5.56. The molecule has 0 saturated heterocycles. The van der Waals surface area contributed by atoms with Crippen LogP contribution in [0.5, 0.6) is 0 Å². The fourth-order valence-electron chi connectivity index (χ4n) is 1.58. The zero-order valence-corrected chi connectivity index (χ0v) is 12.2. The molecule has 0 aliphatic heterocycles. The number of ketones is 1. The average molecular weight is 265 g/mol. The Kier molecular flexibility index (Phi) is 6.21. The number of hydrogen-bond donors (Lipinski definition) is 2. The van der Waals surface area contributed by atoms with Crippen LogP contribution in [0.3, 0.4) is 0 Å². The monoisotopic (exact) mass is 265 g/mol. The number of carbonyl (C=O) groups is 1. The minimum absolute atomic E-state index is 0.0803. The van der Waals surface area contributed by atoms with Gasteiger partial charge in [0, 0.05) is 12.6 Å². The molecule has 0 aromatic carbocycles. The van der Waals surface area contributed by atoms with Crippen LogP contribution in [0.4, 0.5) is 11.6 Å². The maximum Gasteiger partial charge on any atom is 0.148 e. The first-order chi connectivity index (χ1) is 8.97. The second kappa shape index (κ2) is 7.68. The van der Waals surface area contributed by atoms with Crippen LogP contribution in [0, 0.1) is 6.92 Å². The highest BCUT2D eigenvalue weighted by molar-refractivity contribution is 5.80. The second-order valence-corrected chi connectivity index (χ2v) is 4.82. The van der Waals surface area contributed by atoms with Gasteiger partial charge in [-0.2, -0.15) is 0 Å². The zero-order chi connectivity index (χ0) is 14.3. The summed E-state index contributed by atoms with van der Waals surface area (Å²) < 4.78 is 0. The molecule has 0 atom stereocenters. The van der Waals surface area contributed by atoms with Crippen molar-refractivity contribution in [2.75, 3.05) is 44.4 Å². The summed E-state index contributed by atoms with van der Waals surface area (Å²) in [6.07, 6.45) is 1.05. The molecule has 0 amide bonds. The van der Waals surface area contributed by atoms with Gasteiger partial charge in [0.25, 0.3) is 0 Å². The molecular weight excluding hydrogens is 242 g/mol. The fourth-order valence-corrected chi connectivity index (χ4v) is 1.58. The van der Waals surface area contributed by atoms with E-state index >= 15 is 0 Å². The van der Waals surface area contributed by atoms with Crippen LogP contribution >= 0.6 is 0 Å². The molecule has 6 nitrogen and oxygen atoms in total. The van der Waals surface area contributed by atoms with E-state index in [1.165, 1.54) is 0 Å². The summed E-state index contributed by atoms with van der Waals surface area (Å²) in [5, 5.41) is 6.25. The Morgan fingerprint density at radius 2 is 1.89 bits per heavy atom. The van der Waals surface area contributed by atoms with E-state index in [2.05, 4.69) is 39.6 Å². The van der Waals surface area contributed by atoms with Crippen molar-refractivity contribution in [1.29, 1.82) is 0 Å². The molecule has 0 spiro atoms. The smallest absolute Gasteiger partial charge is 0.148 e. The summed E-state index contributed by atoms with van der Waals surface area (Å²) in [5.74, 6) is 2.23. The van der Waals surface area contributed by atoms with Gasteiger partial charge in [0.2, 0.25) is 0 Å². The second-order valence-electron chi connectivity index (χ2n) is 4.82. The van der Waals surface area contributed by atoms with Gasteiger partial charge in [-0.05, 0) is 40.9 Å². The molecule has 0 saturated carbocycles. The lowest BCUT2D eigenvalue weighted by Gasteiger charge is -2.11. The number of hydrogen-bond acceptors (Lipinski definition) is 6. The molecule has 1 aromatic rings. The van der Waals surface area contributed by atoms with E-state index in [-0.39, 0.29) is 12.3 Å². The summed E-state index contributed by atoms with van der Waals surface area (Å²) in [5.41, 5.74) is 0. The maximum atomic E-state index is 10.9. The summed E-state index contributed by atoms with van der Waals surface area (Å²) in [7, 11) is 4.11. The van der Waals surface area contributed by atoms with Gasteiger partial charge in [-0.25, -0.2) is 9.97 Å². The van der Waals surface area contributed by atoms with Crippen LogP contribution in [-0.2, 0) is 4.79 Å². The van der Waals surface area contributed by atoms with Gasteiger partial charge >= 0.3 is 0 Å².